The van der Waals surface area contributed by atoms with Crippen molar-refractivity contribution < 1.29 is 4.42 Å². The molecule has 3 nitrogen and oxygen atoms in total. The van der Waals surface area contributed by atoms with Crippen molar-refractivity contribution in [3.05, 3.63) is 17.8 Å². The highest BCUT2D eigenvalue weighted by atomic mass is 16.4. The Morgan fingerprint density at radius 3 is 2.37 bits per heavy atom. The summed E-state index contributed by atoms with van der Waals surface area (Å²) < 4.78 is 5.59. The number of nitrogens with one attached hydrogen (secondary N) is 1. The Balaban J connectivity index is 1.82. The Labute approximate surface area is 117 Å². The van der Waals surface area contributed by atoms with Crippen LogP contribution >= 0.6 is 0 Å². The Kier molecular flexibility index (Phi) is 4.34. The molecule has 0 aromatic carbocycles. The van der Waals surface area contributed by atoms with Crippen LogP contribution in [0.4, 0.5) is 0 Å². The van der Waals surface area contributed by atoms with Gasteiger partial charge in [-0.25, -0.2) is 4.98 Å². The van der Waals surface area contributed by atoms with Gasteiger partial charge in [0, 0.05) is 6.04 Å². The summed E-state index contributed by atoms with van der Waals surface area (Å²) in [5, 5.41) is 3.66. The van der Waals surface area contributed by atoms with E-state index in [0.29, 0.717) is 11.5 Å². The average Bonchev–Trinajstić information content (AvgIpc) is 2.75. The largest absolute Gasteiger partial charge is 0.444 e. The predicted molar refractivity (Wildman–Crippen MR) is 78.0 cm³/mol. The molecule has 1 aliphatic carbocycles. The summed E-state index contributed by atoms with van der Waals surface area (Å²) in [5.41, 5.74) is 0.455. The third-order valence-corrected chi connectivity index (χ3v) is 4.45. The zero-order valence-corrected chi connectivity index (χ0v) is 13.0. The van der Waals surface area contributed by atoms with Crippen molar-refractivity contribution in [1.82, 2.24) is 10.3 Å². The van der Waals surface area contributed by atoms with Crippen molar-refractivity contribution in [3.8, 4) is 0 Å². The summed E-state index contributed by atoms with van der Waals surface area (Å²) in [4.78, 5) is 4.31. The summed E-state index contributed by atoms with van der Waals surface area (Å²) in [6, 6.07) is 0.825. The lowest BCUT2D eigenvalue weighted by atomic mass is 9.71. The molecule has 0 spiro atoms. The smallest absolute Gasteiger partial charge is 0.211 e. The van der Waals surface area contributed by atoms with Crippen LogP contribution in [0.3, 0.4) is 0 Å². The van der Waals surface area contributed by atoms with Crippen LogP contribution in [-0.2, 0) is 0 Å². The molecular formula is C16H28N2O. The van der Waals surface area contributed by atoms with Crippen molar-refractivity contribution in [2.75, 3.05) is 0 Å². The molecule has 1 saturated carbocycles. The van der Waals surface area contributed by atoms with Crippen LogP contribution in [0.2, 0.25) is 0 Å². The van der Waals surface area contributed by atoms with Gasteiger partial charge in [0.1, 0.15) is 5.76 Å². The molecule has 1 N–H and O–H groups in total. The molecular weight excluding hydrogens is 236 g/mol. The van der Waals surface area contributed by atoms with E-state index in [9.17, 15) is 0 Å². The van der Waals surface area contributed by atoms with Gasteiger partial charge in [-0.1, -0.05) is 20.8 Å². The molecule has 108 valence electrons. The van der Waals surface area contributed by atoms with Crippen LogP contribution in [0.5, 0.6) is 0 Å². The normalized spacial score (nSPS) is 26.4. The van der Waals surface area contributed by atoms with Crippen LogP contribution in [0.25, 0.3) is 0 Å². The maximum absolute atomic E-state index is 5.59. The topological polar surface area (TPSA) is 38.1 Å². The molecule has 1 aromatic heterocycles. The van der Waals surface area contributed by atoms with E-state index < -0.39 is 0 Å². The first-order chi connectivity index (χ1) is 8.86. The van der Waals surface area contributed by atoms with Gasteiger partial charge in [0.05, 0.1) is 12.2 Å². The van der Waals surface area contributed by atoms with E-state index in [1.165, 1.54) is 25.7 Å². The van der Waals surface area contributed by atoms with E-state index in [-0.39, 0.29) is 6.04 Å². The lowest BCUT2D eigenvalue weighted by Gasteiger charge is -2.37. The standard InChI is InChI=1S/C16H28N2O/c1-11-10-17-15(19-11)12(2)18-14-8-6-13(7-9-14)16(3,4)5/h10,12-14,18H,6-9H2,1-5H3. The third kappa shape index (κ3) is 3.82. The van der Waals surface area contributed by atoms with Crippen LogP contribution in [0, 0.1) is 18.3 Å². The monoisotopic (exact) mass is 264 g/mol. The second kappa shape index (κ2) is 5.66. The maximum atomic E-state index is 5.59. The number of nitrogens with zero attached hydrogens (tertiary/aromatic N) is 1. The molecule has 19 heavy (non-hydrogen) atoms. The van der Waals surface area contributed by atoms with E-state index in [0.717, 1.165) is 17.6 Å². The summed E-state index contributed by atoms with van der Waals surface area (Å²) in [6.07, 6.45) is 7.00. The lowest BCUT2D eigenvalue weighted by Crippen LogP contribution is -2.37. The third-order valence-electron chi connectivity index (χ3n) is 4.45. The summed E-state index contributed by atoms with van der Waals surface area (Å²) in [7, 11) is 0. The molecule has 2 rings (SSSR count). The maximum Gasteiger partial charge on any atom is 0.211 e. The van der Waals surface area contributed by atoms with Crippen LogP contribution in [0.15, 0.2) is 10.6 Å². The van der Waals surface area contributed by atoms with E-state index in [2.05, 4.69) is 38.0 Å². The van der Waals surface area contributed by atoms with Crippen LogP contribution in [-0.4, -0.2) is 11.0 Å². The second-order valence-corrected chi connectivity index (χ2v) is 7.11. The molecule has 1 fully saturated rings. The van der Waals surface area contributed by atoms with Crippen molar-refractivity contribution in [1.29, 1.82) is 0 Å². The van der Waals surface area contributed by atoms with Gasteiger partial charge in [0.25, 0.3) is 0 Å². The Morgan fingerprint density at radius 1 is 1.26 bits per heavy atom. The number of aromatic nitrogens is 1. The Hall–Kier alpha value is -0.830. The number of hydrogen-bond donors (Lipinski definition) is 1. The number of aryl methyl sites for hydroxylation is 1. The Morgan fingerprint density at radius 2 is 1.89 bits per heavy atom. The van der Waals surface area contributed by atoms with Crippen LogP contribution < -0.4 is 5.32 Å². The van der Waals surface area contributed by atoms with Gasteiger partial charge >= 0.3 is 0 Å². The van der Waals surface area contributed by atoms with E-state index in [4.69, 9.17) is 4.42 Å². The molecule has 3 heteroatoms. The first kappa shape index (κ1) is 14.6. The summed E-state index contributed by atoms with van der Waals surface area (Å²) in [6.45, 7) is 11.2. The van der Waals surface area contributed by atoms with E-state index in [1.807, 2.05) is 6.92 Å². The van der Waals surface area contributed by atoms with Crippen LogP contribution in [0.1, 0.15) is 71.1 Å². The minimum Gasteiger partial charge on any atom is -0.444 e. The van der Waals surface area contributed by atoms with Crippen molar-refractivity contribution in [2.45, 2.75) is 72.4 Å². The van der Waals surface area contributed by atoms with Gasteiger partial charge < -0.3 is 9.73 Å². The van der Waals surface area contributed by atoms with Crippen molar-refractivity contribution in [3.63, 3.8) is 0 Å². The predicted octanol–water partition coefficient (Wildman–Crippen LogP) is 4.24. The fourth-order valence-corrected chi connectivity index (χ4v) is 3.12. The molecule has 0 amide bonds. The zero-order valence-electron chi connectivity index (χ0n) is 13.0. The van der Waals surface area contributed by atoms with Gasteiger partial charge in [-0.2, -0.15) is 0 Å². The first-order valence-corrected chi connectivity index (χ1v) is 7.54. The number of oxazole rings is 1. The highest BCUT2D eigenvalue weighted by Gasteiger charge is 2.30. The first-order valence-electron chi connectivity index (χ1n) is 7.54. The molecule has 0 saturated heterocycles. The fraction of sp³-hybridized carbons (Fsp3) is 0.812. The molecule has 1 heterocycles. The molecule has 0 radical (unpaired) electrons. The highest BCUT2D eigenvalue weighted by Crippen LogP contribution is 2.38. The van der Waals surface area contributed by atoms with Gasteiger partial charge in [0.2, 0.25) is 5.89 Å². The summed E-state index contributed by atoms with van der Waals surface area (Å²) >= 11 is 0. The van der Waals surface area contributed by atoms with Gasteiger partial charge in [-0.05, 0) is 50.9 Å². The Bertz CT molecular complexity index is 397. The summed E-state index contributed by atoms with van der Waals surface area (Å²) in [5.74, 6) is 2.57. The molecule has 1 atom stereocenters. The van der Waals surface area contributed by atoms with Crippen molar-refractivity contribution >= 4 is 0 Å². The zero-order chi connectivity index (χ0) is 14.0. The fourth-order valence-electron chi connectivity index (χ4n) is 3.12. The molecule has 1 aliphatic rings. The van der Waals surface area contributed by atoms with Crippen molar-refractivity contribution in [2.24, 2.45) is 11.3 Å². The SMILES string of the molecule is Cc1cnc(C(C)NC2CCC(C(C)(C)C)CC2)o1. The minimum absolute atomic E-state index is 0.213. The molecule has 0 aliphatic heterocycles. The number of hydrogen-bond acceptors (Lipinski definition) is 3. The quantitative estimate of drug-likeness (QED) is 0.887. The lowest BCUT2D eigenvalue weighted by molar-refractivity contribution is 0.155. The minimum atomic E-state index is 0.213. The van der Waals surface area contributed by atoms with E-state index >= 15 is 0 Å². The second-order valence-electron chi connectivity index (χ2n) is 7.11. The average molecular weight is 264 g/mol. The molecule has 1 aromatic rings. The highest BCUT2D eigenvalue weighted by molar-refractivity contribution is 4.96. The van der Waals surface area contributed by atoms with Gasteiger partial charge in [-0.15, -0.1) is 0 Å². The van der Waals surface area contributed by atoms with Gasteiger partial charge in [0.15, 0.2) is 0 Å². The van der Waals surface area contributed by atoms with E-state index in [1.54, 1.807) is 6.20 Å². The van der Waals surface area contributed by atoms with Gasteiger partial charge in [-0.3, -0.25) is 0 Å². The number of rotatable bonds is 3. The molecule has 0 bridgehead atoms. The molecule has 1 unspecified atom stereocenters.